The Morgan fingerprint density at radius 1 is 1.70 bits per heavy atom. The van der Waals surface area contributed by atoms with Gasteiger partial charge in [-0.1, -0.05) is 5.92 Å². The predicted molar refractivity (Wildman–Crippen MR) is 65.0 cm³/mol. The monoisotopic (exact) mass is 284 g/mol. The normalized spacial score (nSPS) is 32.7. The molecule has 4 atom stereocenters. The van der Waals surface area contributed by atoms with Crippen LogP contribution in [0.1, 0.15) is 13.2 Å². The highest BCUT2D eigenvalue weighted by Crippen LogP contribution is 2.40. The fourth-order valence-corrected chi connectivity index (χ4v) is 2.01. The van der Waals surface area contributed by atoms with E-state index in [4.69, 9.17) is 15.6 Å². The average Bonchev–Trinajstić information content (AvgIpc) is 2.63. The first-order valence-electron chi connectivity index (χ1n) is 5.72. The van der Waals surface area contributed by atoms with Crippen molar-refractivity contribution in [2.24, 2.45) is 0 Å². The highest BCUT2D eigenvalue weighted by atomic mass is 19.1. The van der Waals surface area contributed by atoms with Gasteiger partial charge in [0.2, 0.25) is 11.6 Å². The molecule has 1 aliphatic heterocycles. The van der Waals surface area contributed by atoms with Gasteiger partial charge in [0.15, 0.2) is 6.23 Å². The highest BCUT2D eigenvalue weighted by molar-refractivity contribution is 5.22. The second-order valence-electron chi connectivity index (χ2n) is 4.20. The van der Waals surface area contributed by atoms with E-state index in [1.54, 1.807) is 0 Å². The minimum atomic E-state index is -2.56. The van der Waals surface area contributed by atoms with Crippen LogP contribution in [0.5, 0.6) is 0 Å². The molecule has 1 fully saturated rings. The molecule has 1 saturated heterocycles. The Morgan fingerprint density at radius 2 is 2.40 bits per heavy atom. The Bertz CT molecular complexity index is 625. The van der Waals surface area contributed by atoms with Crippen LogP contribution in [0.25, 0.3) is 0 Å². The number of aliphatic hydroxyl groups is 2. The van der Waals surface area contributed by atoms with E-state index < -0.39 is 36.4 Å². The summed E-state index contributed by atoms with van der Waals surface area (Å²) in [6.45, 7) is 0.749. The third-order valence-electron chi connectivity index (χ3n) is 2.94. The molecule has 4 N–H and O–H groups in total. The van der Waals surface area contributed by atoms with E-state index in [0.29, 0.717) is 0 Å². The minimum Gasteiger partial charge on any atom is -0.394 e. The second kappa shape index (κ2) is 5.16. The molecule has 1 aromatic heterocycles. The van der Waals surface area contributed by atoms with Gasteiger partial charge in [-0.3, -0.25) is 4.57 Å². The number of nitrogens with zero attached hydrogens (tertiary/aromatic N) is 3. The van der Waals surface area contributed by atoms with E-state index in [-0.39, 0.29) is 5.95 Å². The highest BCUT2D eigenvalue weighted by Gasteiger charge is 2.57. The lowest BCUT2D eigenvalue weighted by molar-refractivity contribution is -0.0547. The number of hydrogen-bond donors (Lipinski definition) is 3. The van der Waals surface area contributed by atoms with Crippen LogP contribution < -0.4 is 11.4 Å². The number of aliphatic hydroxyl groups excluding tert-OH is 2. The Balaban J connectivity index is 2.52. The van der Waals surface area contributed by atoms with E-state index in [2.05, 4.69) is 21.8 Å². The lowest BCUT2D eigenvalue weighted by Crippen LogP contribution is -2.44. The van der Waals surface area contributed by atoms with Gasteiger partial charge < -0.3 is 20.7 Å². The molecule has 0 saturated carbocycles. The number of aromatic nitrogens is 3. The maximum absolute atomic E-state index is 14.9. The molecule has 0 amide bonds. The molecule has 0 spiro atoms. The summed E-state index contributed by atoms with van der Waals surface area (Å²) in [5.41, 5.74) is 1.79. The van der Waals surface area contributed by atoms with Crippen molar-refractivity contribution in [1.82, 2.24) is 14.5 Å². The fourth-order valence-electron chi connectivity index (χ4n) is 2.01. The van der Waals surface area contributed by atoms with Crippen molar-refractivity contribution in [3.63, 3.8) is 0 Å². The van der Waals surface area contributed by atoms with E-state index in [1.807, 2.05) is 0 Å². The lowest BCUT2D eigenvalue weighted by Gasteiger charge is -2.23. The summed E-state index contributed by atoms with van der Waals surface area (Å²) in [5, 5.41) is 18.9. The molecular formula is C11H13FN4O4. The molecule has 1 aliphatic rings. The zero-order valence-corrected chi connectivity index (χ0v) is 10.5. The molecule has 0 bridgehead atoms. The van der Waals surface area contributed by atoms with Crippen molar-refractivity contribution < 1.29 is 19.3 Å². The Labute approximate surface area is 113 Å². The molecule has 9 heteroatoms. The van der Waals surface area contributed by atoms with Crippen LogP contribution in [-0.4, -0.2) is 49.2 Å². The number of nitrogen functional groups attached to an aromatic ring is 1. The van der Waals surface area contributed by atoms with E-state index >= 15 is 0 Å². The van der Waals surface area contributed by atoms with Crippen LogP contribution in [0.3, 0.4) is 0 Å². The lowest BCUT2D eigenvalue weighted by atomic mass is 9.96. The molecular weight excluding hydrogens is 271 g/mol. The summed E-state index contributed by atoms with van der Waals surface area (Å²) in [6.07, 6.45) is -3.55. The minimum absolute atomic E-state index is 0.269. The van der Waals surface area contributed by atoms with Crippen molar-refractivity contribution in [3.8, 4) is 11.8 Å². The molecule has 108 valence electrons. The molecule has 2 rings (SSSR count). The summed E-state index contributed by atoms with van der Waals surface area (Å²) < 4.78 is 20.8. The van der Waals surface area contributed by atoms with Crippen LogP contribution >= 0.6 is 0 Å². The van der Waals surface area contributed by atoms with Gasteiger partial charge in [-0.05, 0) is 6.92 Å². The van der Waals surface area contributed by atoms with Gasteiger partial charge in [0.25, 0.3) is 0 Å². The van der Waals surface area contributed by atoms with Crippen molar-refractivity contribution in [2.75, 3.05) is 12.3 Å². The SMILES string of the molecule is CC#CC1(F)C(n2cnc(N)nc2=O)OC(CO)[C@@H]1O. The summed E-state index contributed by atoms with van der Waals surface area (Å²) >= 11 is 0. The first-order chi connectivity index (χ1) is 9.43. The molecule has 2 heterocycles. The van der Waals surface area contributed by atoms with E-state index in [0.717, 1.165) is 10.9 Å². The van der Waals surface area contributed by atoms with Crippen LogP contribution in [0, 0.1) is 11.8 Å². The van der Waals surface area contributed by atoms with Crippen LogP contribution in [0.2, 0.25) is 0 Å². The molecule has 20 heavy (non-hydrogen) atoms. The van der Waals surface area contributed by atoms with E-state index in [1.165, 1.54) is 6.92 Å². The maximum Gasteiger partial charge on any atom is 0.354 e. The summed E-state index contributed by atoms with van der Waals surface area (Å²) in [4.78, 5) is 18.6. The Morgan fingerprint density at radius 3 is 2.95 bits per heavy atom. The van der Waals surface area contributed by atoms with Crippen LogP contribution in [0.4, 0.5) is 10.3 Å². The summed E-state index contributed by atoms with van der Waals surface area (Å²) in [5.74, 6) is 4.24. The summed E-state index contributed by atoms with van der Waals surface area (Å²) in [7, 11) is 0. The number of anilines is 1. The third kappa shape index (κ3) is 2.14. The number of nitrogens with two attached hydrogens (primary N) is 1. The smallest absolute Gasteiger partial charge is 0.354 e. The second-order valence-corrected chi connectivity index (χ2v) is 4.20. The van der Waals surface area contributed by atoms with Gasteiger partial charge in [0.05, 0.1) is 6.61 Å². The molecule has 3 unspecified atom stereocenters. The summed E-state index contributed by atoms with van der Waals surface area (Å²) in [6, 6.07) is 0. The first kappa shape index (κ1) is 14.4. The predicted octanol–water partition coefficient (Wildman–Crippen LogP) is -1.80. The van der Waals surface area contributed by atoms with Gasteiger partial charge >= 0.3 is 5.69 Å². The average molecular weight is 284 g/mol. The van der Waals surface area contributed by atoms with Crippen LogP contribution in [0.15, 0.2) is 11.1 Å². The quantitative estimate of drug-likeness (QED) is 0.547. The zero-order valence-electron chi connectivity index (χ0n) is 10.5. The Kier molecular flexibility index (Phi) is 3.71. The number of rotatable bonds is 2. The maximum atomic E-state index is 14.9. The van der Waals surface area contributed by atoms with Gasteiger partial charge in [-0.25, -0.2) is 14.2 Å². The molecule has 1 aromatic rings. The Hall–Kier alpha value is -2.02. The number of halogens is 1. The number of hydrogen-bond acceptors (Lipinski definition) is 7. The van der Waals surface area contributed by atoms with Crippen molar-refractivity contribution >= 4 is 5.95 Å². The van der Waals surface area contributed by atoms with Crippen molar-refractivity contribution in [3.05, 3.63) is 16.8 Å². The standard InChI is InChI=1S/C11H13FN4O4/c1-2-3-11(12)7(18)6(4-17)20-8(11)16-5-14-9(13)15-10(16)19/h5-8,17-18H,4H2,1H3,(H2,13,15,19)/t6?,7-,8?,11?/m0/s1. The molecule has 0 aromatic carbocycles. The van der Waals surface area contributed by atoms with Crippen molar-refractivity contribution in [1.29, 1.82) is 0 Å². The van der Waals surface area contributed by atoms with Gasteiger partial charge in [0, 0.05) is 0 Å². The molecule has 8 nitrogen and oxygen atoms in total. The third-order valence-corrected chi connectivity index (χ3v) is 2.94. The first-order valence-corrected chi connectivity index (χ1v) is 5.72. The number of ether oxygens (including phenoxy) is 1. The van der Waals surface area contributed by atoms with E-state index in [9.17, 15) is 14.3 Å². The number of alkyl halides is 1. The zero-order chi connectivity index (χ0) is 14.9. The van der Waals surface area contributed by atoms with Crippen molar-refractivity contribution in [2.45, 2.75) is 31.0 Å². The topological polar surface area (TPSA) is 123 Å². The molecule has 0 radical (unpaired) electrons. The van der Waals surface area contributed by atoms with Gasteiger partial charge in [-0.15, -0.1) is 5.92 Å². The van der Waals surface area contributed by atoms with Gasteiger partial charge in [0.1, 0.15) is 18.5 Å². The molecule has 0 aliphatic carbocycles. The van der Waals surface area contributed by atoms with Crippen LogP contribution in [-0.2, 0) is 4.74 Å². The largest absolute Gasteiger partial charge is 0.394 e. The van der Waals surface area contributed by atoms with Gasteiger partial charge in [-0.2, -0.15) is 4.98 Å². The fraction of sp³-hybridized carbons (Fsp3) is 0.545.